The molecule has 0 amide bonds. The highest BCUT2D eigenvalue weighted by molar-refractivity contribution is 5.20. The van der Waals surface area contributed by atoms with E-state index in [0.29, 0.717) is 5.56 Å². The predicted octanol–water partition coefficient (Wildman–Crippen LogP) is 3.19. The summed E-state index contributed by atoms with van der Waals surface area (Å²) in [6, 6.07) is 6.64. The number of likely N-dealkylation sites (tertiary alicyclic amines) is 1. The van der Waals surface area contributed by atoms with Crippen molar-refractivity contribution in [2.24, 2.45) is 17.6 Å². The average Bonchev–Trinajstić information content (AvgIpc) is 2.35. The second-order valence-corrected chi connectivity index (χ2v) is 6.12. The molecule has 1 aromatic rings. The van der Waals surface area contributed by atoms with Crippen molar-refractivity contribution < 1.29 is 4.39 Å². The van der Waals surface area contributed by atoms with Gasteiger partial charge in [0, 0.05) is 24.7 Å². The Morgan fingerprint density at radius 1 is 1.26 bits per heavy atom. The van der Waals surface area contributed by atoms with Gasteiger partial charge in [0.25, 0.3) is 0 Å². The van der Waals surface area contributed by atoms with E-state index in [2.05, 4.69) is 18.7 Å². The smallest absolute Gasteiger partial charge is 0.127 e. The number of rotatable bonds is 4. The van der Waals surface area contributed by atoms with Crippen molar-refractivity contribution in [1.29, 1.82) is 0 Å². The summed E-state index contributed by atoms with van der Waals surface area (Å²) in [6.45, 7) is 7.87. The molecular formula is C16H25FN2. The Morgan fingerprint density at radius 2 is 1.89 bits per heavy atom. The summed E-state index contributed by atoms with van der Waals surface area (Å²) in [5.74, 6) is 1.33. The van der Waals surface area contributed by atoms with E-state index in [1.54, 1.807) is 12.1 Å². The fourth-order valence-electron chi connectivity index (χ4n) is 3.23. The van der Waals surface area contributed by atoms with Crippen LogP contribution in [0.1, 0.15) is 38.3 Å². The number of hydrogen-bond acceptors (Lipinski definition) is 2. The van der Waals surface area contributed by atoms with Crippen LogP contribution in [0.3, 0.4) is 0 Å². The minimum Gasteiger partial charge on any atom is -0.324 e. The van der Waals surface area contributed by atoms with Gasteiger partial charge in [-0.3, -0.25) is 0 Å². The monoisotopic (exact) mass is 264 g/mol. The Kier molecular flexibility index (Phi) is 4.94. The van der Waals surface area contributed by atoms with E-state index >= 15 is 0 Å². The van der Waals surface area contributed by atoms with Crippen LogP contribution in [-0.4, -0.2) is 24.5 Å². The van der Waals surface area contributed by atoms with Gasteiger partial charge in [-0.25, -0.2) is 4.39 Å². The molecule has 0 aliphatic carbocycles. The number of piperidine rings is 1. The number of hydrogen-bond donors (Lipinski definition) is 1. The molecule has 2 N–H and O–H groups in total. The first-order valence-electron chi connectivity index (χ1n) is 7.28. The summed E-state index contributed by atoms with van der Waals surface area (Å²) in [5.41, 5.74) is 6.76. The minimum atomic E-state index is -0.200. The highest BCUT2D eigenvalue weighted by Crippen LogP contribution is 2.23. The van der Waals surface area contributed by atoms with E-state index in [-0.39, 0.29) is 11.9 Å². The Bertz CT molecular complexity index is 397. The van der Waals surface area contributed by atoms with Gasteiger partial charge in [-0.05, 0) is 37.3 Å². The molecule has 0 aromatic heterocycles. The number of nitrogens with two attached hydrogens (primary N) is 1. The highest BCUT2D eigenvalue weighted by Gasteiger charge is 2.22. The van der Waals surface area contributed by atoms with Crippen LogP contribution in [0.5, 0.6) is 0 Å². The van der Waals surface area contributed by atoms with Gasteiger partial charge >= 0.3 is 0 Å². The molecule has 1 aliphatic rings. The lowest BCUT2D eigenvalue weighted by molar-refractivity contribution is 0.137. The third kappa shape index (κ3) is 4.02. The second-order valence-electron chi connectivity index (χ2n) is 6.12. The molecule has 2 rings (SSSR count). The van der Waals surface area contributed by atoms with Gasteiger partial charge < -0.3 is 10.6 Å². The van der Waals surface area contributed by atoms with Crippen molar-refractivity contribution in [2.75, 3.05) is 19.6 Å². The standard InChI is InChI=1S/C16H25FN2/c1-12-9-13(2)11-19(10-12)8-7-16(18)14-5-3-4-6-15(14)17/h3-6,12-13,16H,7-11,18H2,1-2H3. The summed E-state index contributed by atoms with van der Waals surface area (Å²) in [6.07, 6.45) is 2.14. The maximum absolute atomic E-state index is 13.6. The molecule has 0 saturated carbocycles. The van der Waals surface area contributed by atoms with Gasteiger partial charge in [0.2, 0.25) is 0 Å². The number of halogens is 1. The van der Waals surface area contributed by atoms with Crippen LogP contribution in [0, 0.1) is 17.7 Å². The van der Waals surface area contributed by atoms with Crippen molar-refractivity contribution >= 4 is 0 Å². The molecule has 19 heavy (non-hydrogen) atoms. The average molecular weight is 264 g/mol. The Labute approximate surface area is 115 Å². The Hall–Kier alpha value is -0.930. The molecule has 3 atom stereocenters. The van der Waals surface area contributed by atoms with Crippen molar-refractivity contribution in [1.82, 2.24) is 4.90 Å². The summed E-state index contributed by atoms with van der Waals surface area (Å²) in [4.78, 5) is 2.47. The SMILES string of the molecule is CC1CC(C)CN(CCC(N)c2ccccc2F)C1. The maximum Gasteiger partial charge on any atom is 0.127 e. The molecule has 1 aromatic carbocycles. The fourth-order valence-corrected chi connectivity index (χ4v) is 3.23. The Balaban J connectivity index is 1.87. The molecule has 3 unspecified atom stereocenters. The van der Waals surface area contributed by atoms with E-state index in [0.717, 1.165) is 37.9 Å². The van der Waals surface area contributed by atoms with Gasteiger partial charge in [-0.1, -0.05) is 32.0 Å². The molecule has 0 radical (unpaired) electrons. The fraction of sp³-hybridized carbons (Fsp3) is 0.625. The Morgan fingerprint density at radius 3 is 2.53 bits per heavy atom. The quantitative estimate of drug-likeness (QED) is 0.905. The van der Waals surface area contributed by atoms with E-state index in [1.165, 1.54) is 12.5 Å². The zero-order chi connectivity index (χ0) is 13.8. The van der Waals surface area contributed by atoms with Gasteiger partial charge in [0.1, 0.15) is 5.82 Å². The molecule has 0 bridgehead atoms. The van der Waals surface area contributed by atoms with E-state index < -0.39 is 0 Å². The first-order valence-corrected chi connectivity index (χ1v) is 7.28. The zero-order valence-electron chi connectivity index (χ0n) is 12.0. The van der Waals surface area contributed by atoms with Gasteiger partial charge in [0.15, 0.2) is 0 Å². The van der Waals surface area contributed by atoms with Gasteiger partial charge in [0.05, 0.1) is 0 Å². The van der Waals surface area contributed by atoms with Crippen LogP contribution < -0.4 is 5.73 Å². The molecule has 1 aliphatic heterocycles. The maximum atomic E-state index is 13.6. The molecular weight excluding hydrogens is 239 g/mol. The molecule has 1 saturated heterocycles. The first-order chi connectivity index (χ1) is 9.06. The van der Waals surface area contributed by atoms with Crippen molar-refractivity contribution in [2.45, 2.75) is 32.7 Å². The van der Waals surface area contributed by atoms with E-state index in [4.69, 9.17) is 5.73 Å². The van der Waals surface area contributed by atoms with Gasteiger partial charge in [-0.15, -0.1) is 0 Å². The lowest BCUT2D eigenvalue weighted by Crippen LogP contribution is -2.40. The molecule has 1 heterocycles. The lowest BCUT2D eigenvalue weighted by atomic mass is 9.91. The molecule has 2 nitrogen and oxygen atoms in total. The number of nitrogens with zero attached hydrogens (tertiary/aromatic N) is 1. The molecule has 1 fully saturated rings. The van der Waals surface area contributed by atoms with E-state index in [1.807, 2.05) is 6.07 Å². The largest absolute Gasteiger partial charge is 0.324 e. The lowest BCUT2D eigenvalue weighted by Gasteiger charge is -2.35. The number of benzene rings is 1. The topological polar surface area (TPSA) is 29.3 Å². The molecule has 106 valence electrons. The van der Waals surface area contributed by atoms with Crippen LogP contribution in [-0.2, 0) is 0 Å². The molecule has 3 heteroatoms. The third-order valence-electron chi connectivity index (χ3n) is 4.01. The van der Waals surface area contributed by atoms with E-state index in [9.17, 15) is 4.39 Å². The summed E-state index contributed by atoms with van der Waals surface area (Å²) in [7, 11) is 0. The second kappa shape index (κ2) is 6.49. The predicted molar refractivity (Wildman–Crippen MR) is 77.3 cm³/mol. The summed E-state index contributed by atoms with van der Waals surface area (Å²) in [5, 5.41) is 0. The van der Waals surface area contributed by atoms with Gasteiger partial charge in [-0.2, -0.15) is 0 Å². The minimum absolute atomic E-state index is 0.185. The van der Waals surface area contributed by atoms with Crippen LogP contribution in [0.25, 0.3) is 0 Å². The first kappa shape index (κ1) is 14.5. The van der Waals surface area contributed by atoms with Crippen molar-refractivity contribution in [3.05, 3.63) is 35.6 Å². The van der Waals surface area contributed by atoms with Crippen LogP contribution in [0.2, 0.25) is 0 Å². The molecule has 0 spiro atoms. The van der Waals surface area contributed by atoms with Crippen LogP contribution in [0.15, 0.2) is 24.3 Å². The van der Waals surface area contributed by atoms with Crippen molar-refractivity contribution in [3.8, 4) is 0 Å². The summed E-state index contributed by atoms with van der Waals surface area (Å²) < 4.78 is 13.6. The summed E-state index contributed by atoms with van der Waals surface area (Å²) >= 11 is 0. The zero-order valence-corrected chi connectivity index (χ0v) is 12.0. The van der Waals surface area contributed by atoms with Crippen LogP contribution >= 0.6 is 0 Å². The third-order valence-corrected chi connectivity index (χ3v) is 4.01. The normalized spacial score (nSPS) is 26.3. The highest BCUT2D eigenvalue weighted by atomic mass is 19.1. The van der Waals surface area contributed by atoms with Crippen LogP contribution in [0.4, 0.5) is 4.39 Å². The van der Waals surface area contributed by atoms with Crippen molar-refractivity contribution in [3.63, 3.8) is 0 Å².